The Kier molecular flexibility index (Phi) is 9.24. The van der Waals surface area contributed by atoms with Crippen LogP contribution in [0.25, 0.3) is 0 Å². The van der Waals surface area contributed by atoms with E-state index in [0.29, 0.717) is 17.2 Å². The van der Waals surface area contributed by atoms with E-state index in [1.165, 1.54) is 0 Å². The van der Waals surface area contributed by atoms with Crippen LogP contribution >= 0.6 is 11.6 Å². The Hall–Kier alpha value is -3.31. The lowest BCUT2D eigenvalue weighted by molar-refractivity contribution is -0.143. The molecule has 2 amide bonds. The lowest BCUT2D eigenvalue weighted by Crippen LogP contribution is -2.53. The first-order valence-electron chi connectivity index (χ1n) is 13.0. The Morgan fingerprint density at radius 1 is 0.973 bits per heavy atom. The minimum absolute atomic E-state index is 0.121. The summed E-state index contributed by atoms with van der Waals surface area (Å²) in [6.45, 7) is 4.11. The summed E-state index contributed by atoms with van der Waals surface area (Å²) < 4.78 is 5.96. The van der Waals surface area contributed by atoms with Crippen molar-refractivity contribution in [3.63, 3.8) is 0 Å². The molecule has 3 aromatic rings. The highest BCUT2D eigenvalue weighted by molar-refractivity contribution is 6.30. The molecule has 1 aliphatic carbocycles. The third-order valence-electron chi connectivity index (χ3n) is 6.92. The maximum absolute atomic E-state index is 13.7. The quantitative estimate of drug-likeness (QED) is 0.356. The number of ether oxygens (including phenoxy) is 1. The minimum atomic E-state index is -0.672. The van der Waals surface area contributed by atoms with Gasteiger partial charge in [0.05, 0.1) is 0 Å². The molecule has 37 heavy (non-hydrogen) atoms. The van der Waals surface area contributed by atoms with Crippen LogP contribution in [0.4, 0.5) is 0 Å². The standard InChI is InChI=1S/C31H35ClN2O3/c1-22-12-17-29(23(2)18-22)37-21-30(35)34(20-25-13-15-26(32)16-14-25)28(19-24-8-4-3-5-9-24)31(36)33-27-10-6-7-11-27/h3-5,8-9,12-18,27-28H,6-7,10-11,19-21H2,1-2H3,(H,33,36)/t28-/m1/s1. The van der Waals surface area contributed by atoms with Crippen LogP contribution in [-0.2, 0) is 22.6 Å². The first-order valence-corrected chi connectivity index (χ1v) is 13.3. The number of benzene rings is 3. The summed E-state index contributed by atoms with van der Waals surface area (Å²) in [5.74, 6) is 0.308. The van der Waals surface area contributed by atoms with Crippen molar-refractivity contribution in [2.45, 2.75) is 64.6 Å². The predicted octanol–water partition coefficient (Wildman–Crippen LogP) is 6.03. The van der Waals surface area contributed by atoms with E-state index < -0.39 is 6.04 Å². The van der Waals surface area contributed by atoms with Crippen molar-refractivity contribution in [3.8, 4) is 5.75 Å². The average molecular weight is 519 g/mol. The molecule has 5 nitrogen and oxygen atoms in total. The first-order chi connectivity index (χ1) is 17.9. The summed E-state index contributed by atoms with van der Waals surface area (Å²) in [5.41, 5.74) is 4.00. The minimum Gasteiger partial charge on any atom is -0.483 e. The van der Waals surface area contributed by atoms with Gasteiger partial charge >= 0.3 is 0 Å². The molecule has 3 aromatic carbocycles. The Bertz CT molecular complexity index is 1190. The van der Waals surface area contributed by atoms with E-state index in [2.05, 4.69) is 5.32 Å². The van der Waals surface area contributed by atoms with Gasteiger partial charge in [0.1, 0.15) is 11.8 Å². The van der Waals surface area contributed by atoms with Crippen molar-refractivity contribution in [1.29, 1.82) is 0 Å². The number of aryl methyl sites for hydroxylation is 2. The van der Waals surface area contributed by atoms with Gasteiger partial charge in [-0.25, -0.2) is 0 Å². The molecular weight excluding hydrogens is 484 g/mol. The van der Waals surface area contributed by atoms with Gasteiger partial charge in [0.25, 0.3) is 5.91 Å². The van der Waals surface area contributed by atoms with Crippen LogP contribution < -0.4 is 10.1 Å². The molecule has 6 heteroatoms. The highest BCUT2D eigenvalue weighted by Crippen LogP contribution is 2.22. The predicted molar refractivity (Wildman–Crippen MR) is 148 cm³/mol. The van der Waals surface area contributed by atoms with Crippen molar-refractivity contribution >= 4 is 23.4 Å². The van der Waals surface area contributed by atoms with Gasteiger partial charge in [-0.3, -0.25) is 9.59 Å². The Labute approximate surface area is 224 Å². The second-order valence-corrected chi connectivity index (χ2v) is 10.3. The fourth-order valence-corrected chi connectivity index (χ4v) is 5.02. The second-order valence-electron chi connectivity index (χ2n) is 9.90. The van der Waals surface area contributed by atoms with Gasteiger partial charge in [-0.05, 0) is 61.6 Å². The van der Waals surface area contributed by atoms with Crippen LogP contribution in [0.2, 0.25) is 5.02 Å². The van der Waals surface area contributed by atoms with Crippen LogP contribution in [-0.4, -0.2) is 35.4 Å². The molecule has 1 N–H and O–H groups in total. The first kappa shape index (κ1) is 26.7. The molecule has 0 bridgehead atoms. The van der Waals surface area contributed by atoms with Crippen molar-refractivity contribution in [1.82, 2.24) is 10.2 Å². The Morgan fingerprint density at radius 3 is 2.35 bits per heavy atom. The highest BCUT2D eigenvalue weighted by atomic mass is 35.5. The number of amides is 2. The molecule has 4 rings (SSSR count). The molecular formula is C31H35ClN2O3. The number of hydrogen-bond donors (Lipinski definition) is 1. The van der Waals surface area contributed by atoms with Crippen LogP contribution in [0, 0.1) is 13.8 Å². The van der Waals surface area contributed by atoms with Gasteiger partial charge < -0.3 is 15.0 Å². The molecule has 0 aliphatic heterocycles. The van der Waals surface area contributed by atoms with E-state index in [0.717, 1.165) is 47.9 Å². The molecule has 0 radical (unpaired) electrons. The lowest BCUT2D eigenvalue weighted by atomic mass is 10.0. The molecule has 0 saturated heterocycles. The molecule has 1 saturated carbocycles. The number of carbonyl (C=O) groups is 2. The van der Waals surface area contributed by atoms with E-state index in [1.807, 2.05) is 74.5 Å². The van der Waals surface area contributed by atoms with Crippen molar-refractivity contribution in [2.24, 2.45) is 0 Å². The van der Waals surface area contributed by atoms with Crippen LogP contribution in [0.15, 0.2) is 72.8 Å². The molecule has 1 aliphatic rings. The fourth-order valence-electron chi connectivity index (χ4n) is 4.89. The van der Waals surface area contributed by atoms with Crippen molar-refractivity contribution < 1.29 is 14.3 Å². The third-order valence-corrected chi connectivity index (χ3v) is 7.17. The smallest absolute Gasteiger partial charge is 0.261 e. The van der Waals surface area contributed by atoms with E-state index in [1.54, 1.807) is 17.0 Å². The van der Waals surface area contributed by atoms with E-state index in [4.69, 9.17) is 16.3 Å². The van der Waals surface area contributed by atoms with Gasteiger partial charge in [-0.1, -0.05) is 84.6 Å². The summed E-state index contributed by atoms with van der Waals surface area (Å²) in [7, 11) is 0. The van der Waals surface area contributed by atoms with Crippen LogP contribution in [0.5, 0.6) is 5.75 Å². The van der Waals surface area contributed by atoms with Gasteiger partial charge in [-0.15, -0.1) is 0 Å². The number of carbonyl (C=O) groups excluding carboxylic acids is 2. The number of hydrogen-bond acceptors (Lipinski definition) is 3. The third kappa shape index (κ3) is 7.59. The molecule has 1 fully saturated rings. The van der Waals surface area contributed by atoms with Crippen molar-refractivity contribution in [3.05, 3.63) is 100 Å². The summed E-state index contributed by atoms with van der Waals surface area (Å²) in [4.78, 5) is 29.1. The molecule has 0 spiro atoms. The molecule has 194 valence electrons. The molecule has 0 unspecified atom stereocenters. The van der Waals surface area contributed by atoms with Gasteiger partial charge in [-0.2, -0.15) is 0 Å². The van der Waals surface area contributed by atoms with Gasteiger partial charge in [0, 0.05) is 24.0 Å². The summed E-state index contributed by atoms with van der Waals surface area (Å²) >= 11 is 6.10. The maximum Gasteiger partial charge on any atom is 0.261 e. The topological polar surface area (TPSA) is 58.6 Å². The number of halogens is 1. The zero-order valence-corrected chi connectivity index (χ0v) is 22.3. The zero-order valence-electron chi connectivity index (χ0n) is 21.6. The number of nitrogens with one attached hydrogen (secondary N) is 1. The summed E-state index contributed by atoms with van der Waals surface area (Å²) in [5, 5.41) is 3.85. The fraction of sp³-hybridized carbons (Fsp3) is 0.355. The average Bonchev–Trinajstić information content (AvgIpc) is 3.40. The van der Waals surface area contributed by atoms with E-state index in [9.17, 15) is 9.59 Å². The van der Waals surface area contributed by atoms with E-state index >= 15 is 0 Å². The van der Waals surface area contributed by atoms with Gasteiger partial charge in [0.2, 0.25) is 5.91 Å². The van der Waals surface area contributed by atoms with E-state index in [-0.39, 0.29) is 31.0 Å². The SMILES string of the molecule is Cc1ccc(OCC(=O)N(Cc2ccc(Cl)cc2)[C@H](Cc2ccccc2)C(=O)NC2CCCC2)c(C)c1. The summed E-state index contributed by atoms with van der Waals surface area (Å²) in [6, 6.07) is 22.6. The lowest BCUT2D eigenvalue weighted by Gasteiger charge is -2.32. The largest absolute Gasteiger partial charge is 0.483 e. The highest BCUT2D eigenvalue weighted by Gasteiger charge is 2.32. The zero-order chi connectivity index (χ0) is 26.2. The molecule has 1 atom stereocenters. The Morgan fingerprint density at radius 2 is 1.68 bits per heavy atom. The normalized spacial score (nSPS) is 14.2. The van der Waals surface area contributed by atoms with Crippen LogP contribution in [0.1, 0.15) is 47.9 Å². The van der Waals surface area contributed by atoms with Crippen molar-refractivity contribution in [2.75, 3.05) is 6.61 Å². The van der Waals surface area contributed by atoms with Gasteiger partial charge in [0.15, 0.2) is 6.61 Å². The van der Waals surface area contributed by atoms with Crippen LogP contribution in [0.3, 0.4) is 0 Å². The number of nitrogens with zero attached hydrogens (tertiary/aromatic N) is 1. The number of rotatable bonds is 10. The molecule has 0 aromatic heterocycles. The maximum atomic E-state index is 13.7. The Balaban J connectivity index is 1.61. The monoisotopic (exact) mass is 518 g/mol. The summed E-state index contributed by atoms with van der Waals surface area (Å²) in [6.07, 6.45) is 4.61. The second kappa shape index (κ2) is 12.8. The molecule has 0 heterocycles.